The van der Waals surface area contributed by atoms with Gasteiger partial charge in [-0.2, -0.15) is 0 Å². The van der Waals surface area contributed by atoms with E-state index < -0.39 is 12.4 Å². The molecule has 0 radical (unpaired) electrons. The van der Waals surface area contributed by atoms with Crippen LogP contribution in [0.2, 0.25) is 0 Å². The molecule has 0 unspecified atom stereocenters. The van der Waals surface area contributed by atoms with Crippen LogP contribution in [0, 0.1) is 0 Å². The molecule has 0 spiro atoms. The number of hydrogen-bond acceptors (Lipinski definition) is 4. The number of benzene rings is 2. The second kappa shape index (κ2) is 5.82. The maximum Gasteiger partial charge on any atom is 0.187 e. The van der Waals surface area contributed by atoms with Gasteiger partial charge in [0.25, 0.3) is 0 Å². The summed E-state index contributed by atoms with van der Waals surface area (Å²) in [4.78, 5) is 0. The monoisotopic (exact) mass is 298 g/mol. The van der Waals surface area contributed by atoms with Gasteiger partial charge in [-0.15, -0.1) is 0 Å². The number of rotatable bonds is 4. The minimum absolute atomic E-state index is 0.185. The number of hydrogen-bond donors (Lipinski definition) is 1. The lowest BCUT2D eigenvalue weighted by atomic mass is 9.97. The van der Waals surface area contributed by atoms with Crippen LogP contribution in [0.4, 0.5) is 0 Å². The van der Waals surface area contributed by atoms with Crippen LogP contribution in [0.25, 0.3) is 0 Å². The zero-order valence-electron chi connectivity index (χ0n) is 12.0. The van der Waals surface area contributed by atoms with Crippen LogP contribution < -0.4 is 0 Å². The number of ether oxygens (including phenoxy) is 3. The zero-order chi connectivity index (χ0) is 14.9. The highest BCUT2D eigenvalue weighted by Gasteiger charge is 2.56. The van der Waals surface area contributed by atoms with E-state index in [0.717, 1.165) is 11.1 Å². The topological polar surface area (TPSA) is 47.9 Å². The molecule has 2 aromatic carbocycles. The summed E-state index contributed by atoms with van der Waals surface area (Å²) in [6.45, 7) is 0.455. The summed E-state index contributed by atoms with van der Waals surface area (Å²) < 4.78 is 17.5. The summed E-state index contributed by atoms with van der Waals surface area (Å²) in [6, 6.07) is 19.9. The summed E-state index contributed by atoms with van der Waals surface area (Å²) in [5, 5.41) is 10.2. The smallest absolute Gasteiger partial charge is 0.187 e. The van der Waals surface area contributed by atoms with Crippen molar-refractivity contribution in [2.24, 2.45) is 0 Å². The molecule has 2 aliphatic rings. The fourth-order valence-electron chi connectivity index (χ4n) is 3.11. The second-order valence-corrected chi connectivity index (χ2v) is 5.69. The Kier molecular flexibility index (Phi) is 3.68. The van der Waals surface area contributed by atoms with E-state index in [0.29, 0.717) is 6.61 Å². The summed E-state index contributed by atoms with van der Waals surface area (Å²) in [5.41, 5.74) is 2.13. The number of aliphatic hydroxyl groups is 1. The quantitative estimate of drug-likeness (QED) is 0.942. The zero-order valence-corrected chi connectivity index (χ0v) is 12.0. The Hall–Kier alpha value is -1.72. The van der Waals surface area contributed by atoms with Crippen molar-refractivity contribution in [1.82, 2.24) is 0 Å². The predicted octanol–water partition coefficient (Wildman–Crippen LogP) is 2.43. The van der Waals surface area contributed by atoms with E-state index in [1.54, 1.807) is 0 Å². The second-order valence-electron chi connectivity index (χ2n) is 5.69. The molecule has 2 fully saturated rings. The highest BCUT2D eigenvalue weighted by Crippen LogP contribution is 2.43. The third kappa shape index (κ3) is 2.44. The molecule has 2 bridgehead atoms. The van der Waals surface area contributed by atoms with Crippen LogP contribution >= 0.6 is 0 Å². The molecule has 2 saturated heterocycles. The first-order valence-corrected chi connectivity index (χ1v) is 7.52. The largest absolute Gasteiger partial charge is 0.385 e. The first-order valence-electron chi connectivity index (χ1n) is 7.52. The van der Waals surface area contributed by atoms with Crippen LogP contribution in [0.5, 0.6) is 0 Å². The lowest BCUT2D eigenvalue weighted by Crippen LogP contribution is -2.43. The van der Waals surface area contributed by atoms with Crippen molar-refractivity contribution in [2.75, 3.05) is 0 Å². The highest BCUT2D eigenvalue weighted by atomic mass is 16.8. The van der Waals surface area contributed by atoms with Crippen molar-refractivity contribution in [3.05, 3.63) is 71.8 Å². The van der Waals surface area contributed by atoms with Crippen LogP contribution in [0.15, 0.2) is 60.7 Å². The lowest BCUT2D eigenvalue weighted by Gasteiger charge is -2.30. The molecule has 4 rings (SSSR count). The minimum Gasteiger partial charge on any atom is -0.385 e. The molecule has 4 nitrogen and oxygen atoms in total. The molecule has 2 heterocycles. The summed E-state index contributed by atoms with van der Waals surface area (Å²) >= 11 is 0. The van der Waals surface area contributed by atoms with Crippen LogP contribution in [-0.4, -0.2) is 29.7 Å². The Balaban J connectivity index is 1.48. The maximum absolute atomic E-state index is 10.2. The van der Waals surface area contributed by atoms with Gasteiger partial charge in [0.05, 0.1) is 6.61 Å². The number of fused-ring (bicyclic) bond motifs is 2. The Bertz CT molecular complexity index is 615. The molecule has 0 amide bonds. The summed E-state index contributed by atoms with van der Waals surface area (Å²) in [5.74, 6) is 0. The van der Waals surface area contributed by atoms with Crippen LogP contribution in [0.1, 0.15) is 17.2 Å². The molecule has 1 N–H and O–H groups in total. The minimum atomic E-state index is -0.742. The van der Waals surface area contributed by atoms with Crippen molar-refractivity contribution in [2.45, 2.75) is 37.3 Å². The molecule has 22 heavy (non-hydrogen) atoms. The molecule has 5 atom stereocenters. The van der Waals surface area contributed by atoms with E-state index in [9.17, 15) is 5.11 Å². The predicted molar refractivity (Wildman–Crippen MR) is 80.0 cm³/mol. The molecule has 0 aromatic heterocycles. The Morgan fingerprint density at radius 3 is 2.27 bits per heavy atom. The van der Waals surface area contributed by atoms with Gasteiger partial charge in [-0.25, -0.2) is 0 Å². The average molecular weight is 298 g/mol. The third-order valence-electron chi connectivity index (χ3n) is 4.22. The fourth-order valence-corrected chi connectivity index (χ4v) is 3.11. The molecule has 0 aliphatic carbocycles. The van der Waals surface area contributed by atoms with Gasteiger partial charge in [0, 0.05) is 0 Å². The fraction of sp³-hybridized carbons (Fsp3) is 0.333. The standard InChI is InChI=1S/C18H18O4/c19-14-16(20-11-12-7-3-1-4-8-12)17-15(21-18(14)22-17)13-9-5-2-6-10-13/h1-10,14-19H,11H2/t14-,15+,16-,17-,18-/m1/s1. The van der Waals surface area contributed by atoms with E-state index in [4.69, 9.17) is 14.2 Å². The molecule has 0 saturated carbocycles. The highest BCUT2D eigenvalue weighted by molar-refractivity contribution is 5.22. The average Bonchev–Trinajstić information content (AvgIpc) is 3.13. The van der Waals surface area contributed by atoms with E-state index >= 15 is 0 Å². The maximum atomic E-state index is 10.2. The van der Waals surface area contributed by atoms with Gasteiger partial charge in [-0.05, 0) is 11.1 Å². The van der Waals surface area contributed by atoms with Crippen molar-refractivity contribution < 1.29 is 19.3 Å². The molecule has 114 valence electrons. The number of aliphatic hydroxyl groups excluding tert-OH is 1. The Morgan fingerprint density at radius 2 is 1.59 bits per heavy atom. The van der Waals surface area contributed by atoms with E-state index in [1.165, 1.54) is 0 Å². The van der Waals surface area contributed by atoms with E-state index in [-0.39, 0.29) is 18.3 Å². The van der Waals surface area contributed by atoms with Gasteiger partial charge in [-0.3, -0.25) is 0 Å². The summed E-state index contributed by atoms with van der Waals surface area (Å²) in [6.07, 6.45) is -2.17. The normalized spacial score (nSPS) is 33.2. The van der Waals surface area contributed by atoms with Crippen molar-refractivity contribution in [3.8, 4) is 0 Å². The molecule has 2 aliphatic heterocycles. The first kappa shape index (κ1) is 13.9. The van der Waals surface area contributed by atoms with Crippen LogP contribution in [-0.2, 0) is 20.8 Å². The SMILES string of the molecule is O[C@H]1[C@H]2O[C@@H]([C@@H]1OCc1ccccc1)[C@H](c1ccccc1)O2. The molecular weight excluding hydrogens is 280 g/mol. The Labute approximate surface area is 129 Å². The van der Waals surface area contributed by atoms with Crippen molar-refractivity contribution in [1.29, 1.82) is 0 Å². The van der Waals surface area contributed by atoms with E-state index in [2.05, 4.69) is 0 Å². The van der Waals surface area contributed by atoms with Gasteiger partial charge >= 0.3 is 0 Å². The van der Waals surface area contributed by atoms with Crippen molar-refractivity contribution >= 4 is 0 Å². The molecule has 2 aromatic rings. The van der Waals surface area contributed by atoms with Gasteiger partial charge in [0.15, 0.2) is 6.29 Å². The van der Waals surface area contributed by atoms with E-state index in [1.807, 2.05) is 60.7 Å². The van der Waals surface area contributed by atoms with Crippen molar-refractivity contribution in [3.63, 3.8) is 0 Å². The van der Waals surface area contributed by atoms with Crippen LogP contribution in [0.3, 0.4) is 0 Å². The lowest BCUT2D eigenvalue weighted by molar-refractivity contribution is -0.150. The molecule has 4 heteroatoms. The van der Waals surface area contributed by atoms with Gasteiger partial charge in [-0.1, -0.05) is 60.7 Å². The molecular formula is C18H18O4. The van der Waals surface area contributed by atoms with Gasteiger partial charge in [0.1, 0.15) is 24.4 Å². The third-order valence-corrected chi connectivity index (χ3v) is 4.22. The van der Waals surface area contributed by atoms with Gasteiger partial charge < -0.3 is 19.3 Å². The Morgan fingerprint density at radius 1 is 0.909 bits per heavy atom. The summed E-state index contributed by atoms with van der Waals surface area (Å²) in [7, 11) is 0. The van der Waals surface area contributed by atoms with Gasteiger partial charge in [0.2, 0.25) is 0 Å². The first-order chi connectivity index (χ1) is 10.8.